The minimum absolute atomic E-state index is 0.280. The Hall–Kier alpha value is -3.38. The lowest BCUT2D eigenvalue weighted by molar-refractivity contribution is 0.0995. The molecule has 1 saturated heterocycles. The van der Waals surface area contributed by atoms with Crippen molar-refractivity contribution in [3.63, 3.8) is 0 Å². The van der Waals surface area contributed by atoms with Gasteiger partial charge in [0.25, 0.3) is 5.91 Å². The average molecular weight is 414 g/mol. The highest BCUT2D eigenvalue weighted by atomic mass is 16.1. The molecule has 2 aromatic heterocycles. The van der Waals surface area contributed by atoms with Crippen molar-refractivity contribution in [3.05, 3.63) is 83.3 Å². The lowest BCUT2D eigenvalue weighted by atomic mass is 9.98. The molecule has 6 heteroatoms. The zero-order valence-electron chi connectivity index (χ0n) is 17.7. The van der Waals surface area contributed by atoms with Gasteiger partial charge in [0.05, 0.1) is 5.69 Å². The van der Waals surface area contributed by atoms with Crippen LogP contribution in [-0.2, 0) is 13.0 Å². The van der Waals surface area contributed by atoms with Crippen molar-refractivity contribution in [1.29, 1.82) is 0 Å². The first-order valence-corrected chi connectivity index (χ1v) is 10.8. The average Bonchev–Trinajstić information content (AvgIpc) is 3.50. The van der Waals surface area contributed by atoms with E-state index < -0.39 is 5.91 Å². The van der Waals surface area contributed by atoms with Crippen LogP contribution in [0.25, 0.3) is 16.6 Å². The number of nitrogens with zero attached hydrogens (tertiary/aromatic N) is 3. The molecule has 31 heavy (non-hydrogen) atoms. The molecule has 0 spiro atoms. The van der Waals surface area contributed by atoms with Gasteiger partial charge < -0.3 is 15.6 Å². The second kappa shape index (κ2) is 8.04. The SMILES string of the molecule is Cc1cc(C(N)=O)nn1-c1ccc2c(ccn2Cc2ccc(CC3CCNC3)cc2)c1. The largest absolute Gasteiger partial charge is 0.364 e. The van der Waals surface area contributed by atoms with Crippen LogP contribution in [0, 0.1) is 12.8 Å². The van der Waals surface area contributed by atoms with E-state index >= 15 is 0 Å². The number of hydrogen-bond donors (Lipinski definition) is 2. The Morgan fingerprint density at radius 2 is 1.94 bits per heavy atom. The molecule has 3 N–H and O–H groups in total. The molecule has 5 rings (SSSR count). The zero-order valence-corrected chi connectivity index (χ0v) is 17.7. The van der Waals surface area contributed by atoms with Gasteiger partial charge in [0.1, 0.15) is 0 Å². The summed E-state index contributed by atoms with van der Waals surface area (Å²) >= 11 is 0. The summed E-state index contributed by atoms with van der Waals surface area (Å²) in [6.45, 7) is 5.04. The first kappa shape index (κ1) is 19.6. The summed E-state index contributed by atoms with van der Waals surface area (Å²) in [5.41, 5.74) is 11.3. The number of rotatable bonds is 6. The number of fused-ring (bicyclic) bond motifs is 1. The zero-order chi connectivity index (χ0) is 21.4. The highest BCUT2D eigenvalue weighted by Crippen LogP contribution is 2.23. The topological polar surface area (TPSA) is 77.9 Å². The van der Waals surface area contributed by atoms with E-state index in [9.17, 15) is 4.79 Å². The third-order valence-corrected chi connectivity index (χ3v) is 6.20. The smallest absolute Gasteiger partial charge is 0.269 e. The Morgan fingerprint density at radius 3 is 2.65 bits per heavy atom. The van der Waals surface area contributed by atoms with Crippen LogP contribution < -0.4 is 11.1 Å². The lowest BCUT2D eigenvalue weighted by Crippen LogP contribution is -2.12. The summed E-state index contributed by atoms with van der Waals surface area (Å²) in [5, 5.41) is 8.92. The third kappa shape index (κ3) is 3.99. The molecule has 0 radical (unpaired) electrons. The Bertz CT molecular complexity index is 1230. The lowest BCUT2D eigenvalue weighted by Gasteiger charge is -2.10. The van der Waals surface area contributed by atoms with E-state index in [4.69, 9.17) is 5.73 Å². The normalized spacial score (nSPS) is 16.2. The minimum Gasteiger partial charge on any atom is -0.364 e. The number of hydrogen-bond acceptors (Lipinski definition) is 3. The standard InChI is InChI=1S/C25H27N5O/c1-17-12-23(25(26)31)28-30(17)22-6-7-24-21(14-22)9-11-29(24)16-19-4-2-18(3-5-19)13-20-8-10-27-15-20/h2-7,9,11-12,14,20,27H,8,10,13,15-16H2,1H3,(H2,26,31). The van der Waals surface area contributed by atoms with Crippen LogP contribution in [-0.4, -0.2) is 33.3 Å². The molecule has 3 heterocycles. The van der Waals surface area contributed by atoms with Gasteiger partial charge in [0.15, 0.2) is 5.69 Å². The Balaban J connectivity index is 1.35. The van der Waals surface area contributed by atoms with E-state index in [2.05, 4.69) is 63.6 Å². The van der Waals surface area contributed by atoms with Gasteiger partial charge in [-0.05, 0) is 80.2 Å². The van der Waals surface area contributed by atoms with Gasteiger partial charge >= 0.3 is 0 Å². The van der Waals surface area contributed by atoms with Crippen molar-refractivity contribution in [2.24, 2.45) is 11.7 Å². The second-order valence-electron chi connectivity index (χ2n) is 8.51. The number of carbonyl (C=O) groups is 1. The van der Waals surface area contributed by atoms with Crippen LogP contribution in [0.5, 0.6) is 0 Å². The first-order valence-electron chi connectivity index (χ1n) is 10.8. The number of aromatic nitrogens is 3. The fraction of sp³-hybridized carbons (Fsp3) is 0.280. The molecule has 0 bridgehead atoms. The molecule has 1 fully saturated rings. The summed E-state index contributed by atoms with van der Waals surface area (Å²) in [6.07, 6.45) is 4.56. The van der Waals surface area contributed by atoms with Crippen LogP contribution in [0.1, 0.15) is 33.7 Å². The predicted octanol–water partition coefficient (Wildman–Crippen LogP) is 3.43. The molecule has 2 aromatic carbocycles. The Kier molecular flexibility index (Phi) is 5.08. The molecule has 1 amide bonds. The van der Waals surface area contributed by atoms with Crippen LogP contribution in [0.2, 0.25) is 0 Å². The van der Waals surface area contributed by atoms with Crippen LogP contribution >= 0.6 is 0 Å². The van der Waals surface area contributed by atoms with Crippen LogP contribution in [0.3, 0.4) is 0 Å². The van der Waals surface area contributed by atoms with Crippen LogP contribution in [0.15, 0.2) is 60.8 Å². The van der Waals surface area contributed by atoms with E-state index in [0.717, 1.165) is 48.7 Å². The van der Waals surface area contributed by atoms with Gasteiger partial charge in [-0.25, -0.2) is 4.68 Å². The molecule has 1 unspecified atom stereocenters. The maximum atomic E-state index is 11.4. The molecular formula is C25H27N5O. The highest BCUT2D eigenvalue weighted by Gasteiger charge is 2.15. The molecule has 1 aliphatic heterocycles. The number of benzene rings is 2. The number of nitrogens with two attached hydrogens (primary N) is 1. The van der Waals surface area contributed by atoms with Crippen molar-refractivity contribution in [2.45, 2.75) is 26.3 Å². The molecule has 1 aliphatic rings. The molecule has 4 aromatic rings. The van der Waals surface area contributed by atoms with E-state index in [1.54, 1.807) is 10.7 Å². The van der Waals surface area contributed by atoms with Gasteiger partial charge in [-0.15, -0.1) is 0 Å². The van der Waals surface area contributed by atoms with Gasteiger partial charge in [-0.1, -0.05) is 24.3 Å². The fourth-order valence-corrected chi connectivity index (χ4v) is 4.51. The van der Waals surface area contributed by atoms with E-state index in [1.807, 2.05) is 13.0 Å². The monoisotopic (exact) mass is 413 g/mol. The molecule has 158 valence electrons. The number of carbonyl (C=O) groups excluding carboxylic acids is 1. The summed E-state index contributed by atoms with van der Waals surface area (Å²) in [6, 6.07) is 19.1. The van der Waals surface area contributed by atoms with Crippen molar-refractivity contribution >= 4 is 16.8 Å². The summed E-state index contributed by atoms with van der Waals surface area (Å²) in [7, 11) is 0. The number of amides is 1. The molecule has 0 aliphatic carbocycles. The van der Waals surface area contributed by atoms with Gasteiger partial charge in [-0.2, -0.15) is 5.10 Å². The second-order valence-corrected chi connectivity index (χ2v) is 8.51. The number of primary amides is 1. The minimum atomic E-state index is -0.514. The summed E-state index contributed by atoms with van der Waals surface area (Å²) < 4.78 is 4.02. The van der Waals surface area contributed by atoms with Crippen molar-refractivity contribution in [1.82, 2.24) is 19.7 Å². The molecule has 1 atom stereocenters. The molecule has 0 saturated carbocycles. The Morgan fingerprint density at radius 1 is 1.13 bits per heavy atom. The van der Waals surface area contributed by atoms with Crippen molar-refractivity contribution in [2.75, 3.05) is 13.1 Å². The van der Waals surface area contributed by atoms with E-state index in [-0.39, 0.29) is 5.69 Å². The fourth-order valence-electron chi connectivity index (χ4n) is 4.51. The highest BCUT2D eigenvalue weighted by molar-refractivity contribution is 5.91. The number of aryl methyl sites for hydroxylation is 1. The summed E-state index contributed by atoms with van der Waals surface area (Å²) in [5.74, 6) is 0.255. The number of nitrogens with one attached hydrogen (secondary N) is 1. The van der Waals surface area contributed by atoms with Gasteiger partial charge in [-0.3, -0.25) is 4.79 Å². The molecular weight excluding hydrogens is 386 g/mol. The van der Waals surface area contributed by atoms with E-state index in [1.165, 1.54) is 23.1 Å². The predicted molar refractivity (Wildman–Crippen MR) is 123 cm³/mol. The van der Waals surface area contributed by atoms with Crippen LogP contribution in [0.4, 0.5) is 0 Å². The van der Waals surface area contributed by atoms with Gasteiger partial charge in [0.2, 0.25) is 0 Å². The summed E-state index contributed by atoms with van der Waals surface area (Å²) in [4.78, 5) is 11.4. The third-order valence-electron chi connectivity index (χ3n) is 6.20. The maximum absolute atomic E-state index is 11.4. The van der Waals surface area contributed by atoms with E-state index in [0.29, 0.717) is 0 Å². The quantitative estimate of drug-likeness (QED) is 0.508. The Labute approximate surface area is 181 Å². The molecule has 6 nitrogen and oxygen atoms in total. The van der Waals surface area contributed by atoms with Gasteiger partial charge in [0, 0.05) is 29.3 Å². The maximum Gasteiger partial charge on any atom is 0.269 e. The van der Waals surface area contributed by atoms with Crippen molar-refractivity contribution < 1.29 is 4.79 Å². The first-order chi connectivity index (χ1) is 15.1. The van der Waals surface area contributed by atoms with Crippen molar-refractivity contribution in [3.8, 4) is 5.69 Å².